The Bertz CT molecular complexity index is 574. The number of piperazine rings is 1. The van der Waals surface area contributed by atoms with Crippen molar-refractivity contribution in [2.45, 2.75) is 44.3 Å². The fraction of sp³-hybridized carbons (Fsp3) is 0.611. The first-order valence-corrected chi connectivity index (χ1v) is 9.31. The number of hydrogen-bond donors (Lipinski definition) is 1. The van der Waals surface area contributed by atoms with Crippen molar-refractivity contribution >= 4 is 23.0 Å². The molecule has 1 saturated heterocycles. The molecule has 0 amide bonds. The van der Waals surface area contributed by atoms with Crippen LogP contribution in [0.15, 0.2) is 24.3 Å². The van der Waals surface area contributed by atoms with Crippen molar-refractivity contribution in [3.8, 4) is 0 Å². The van der Waals surface area contributed by atoms with Crippen molar-refractivity contribution in [1.29, 1.82) is 0 Å². The van der Waals surface area contributed by atoms with Crippen molar-refractivity contribution in [2.75, 3.05) is 31.5 Å². The van der Waals surface area contributed by atoms with Gasteiger partial charge in [-0.05, 0) is 49.3 Å². The lowest BCUT2D eigenvalue weighted by molar-refractivity contribution is -0.137. The van der Waals surface area contributed by atoms with E-state index >= 15 is 0 Å². The Hall–Kier alpha value is -1.34. The van der Waals surface area contributed by atoms with E-state index in [1.54, 1.807) is 0 Å². The van der Waals surface area contributed by atoms with Gasteiger partial charge in [0.25, 0.3) is 0 Å². The van der Waals surface area contributed by atoms with E-state index in [4.69, 9.17) is 12.2 Å². The van der Waals surface area contributed by atoms with Gasteiger partial charge in [-0.15, -0.1) is 0 Å². The van der Waals surface area contributed by atoms with Gasteiger partial charge in [0.15, 0.2) is 5.11 Å². The summed E-state index contributed by atoms with van der Waals surface area (Å²) in [4.78, 5) is 4.67. The van der Waals surface area contributed by atoms with Crippen LogP contribution in [0.3, 0.4) is 0 Å². The van der Waals surface area contributed by atoms with E-state index in [0.29, 0.717) is 16.8 Å². The zero-order chi connectivity index (χ0) is 17.9. The largest absolute Gasteiger partial charge is 0.416 e. The van der Waals surface area contributed by atoms with Gasteiger partial charge in [-0.3, -0.25) is 4.90 Å². The van der Waals surface area contributed by atoms with Gasteiger partial charge in [0.05, 0.1) is 5.56 Å². The Morgan fingerprint density at radius 1 is 0.960 bits per heavy atom. The zero-order valence-corrected chi connectivity index (χ0v) is 15.0. The number of anilines is 1. The molecule has 0 unspecified atom stereocenters. The number of nitrogens with zero attached hydrogens (tertiary/aromatic N) is 2. The summed E-state index contributed by atoms with van der Waals surface area (Å²) in [6.45, 7) is 3.73. The van der Waals surface area contributed by atoms with Crippen LogP contribution in [0.1, 0.15) is 37.7 Å². The maximum absolute atomic E-state index is 12.6. The smallest absolute Gasteiger partial charge is 0.346 e. The van der Waals surface area contributed by atoms with Crippen LogP contribution in [-0.4, -0.2) is 47.1 Å². The van der Waals surface area contributed by atoms with E-state index in [9.17, 15) is 13.2 Å². The van der Waals surface area contributed by atoms with E-state index < -0.39 is 11.7 Å². The minimum absolute atomic E-state index is 0.586. The molecule has 3 nitrogen and oxygen atoms in total. The van der Waals surface area contributed by atoms with Crippen LogP contribution >= 0.6 is 12.2 Å². The number of alkyl halides is 3. The molecular weight excluding hydrogens is 347 g/mol. The molecule has 138 valence electrons. The Labute approximate surface area is 152 Å². The van der Waals surface area contributed by atoms with Gasteiger partial charge >= 0.3 is 6.18 Å². The highest BCUT2D eigenvalue weighted by Gasteiger charge is 2.30. The van der Waals surface area contributed by atoms with Crippen LogP contribution in [0.4, 0.5) is 18.9 Å². The number of rotatable bonds is 2. The molecule has 0 spiro atoms. The second kappa shape index (κ2) is 7.91. The number of hydrogen-bond acceptors (Lipinski definition) is 2. The van der Waals surface area contributed by atoms with E-state index in [2.05, 4.69) is 15.1 Å². The van der Waals surface area contributed by atoms with E-state index in [1.807, 2.05) is 0 Å². The van der Waals surface area contributed by atoms with Gasteiger partial charge in [0.2, 0.25) is 0 Å². The van der Waals surface area contributed by atoms with Crippen LogP contribution in [0.25, 0.3) is 0 Å². The van der Waals surface area contributed by atoms with Crippen LogP contribution in [0, 0.1) is 0 Å². The molecule has 0 atom stereocenters. The molecule has 1 aliphatic carbocycles. The molecule has 1 aromatic carbocycles. The fourth-order valence-corrected chi connectivity index (χ4v) is 3.98. The third-order valence-electron chi connectivity index (χ3n) is 5.16. The molecule has 1 aliphatic heterocycles. The maximum atomic E-state index is 12.6. The predicted octanol–water partition coefficient (Wildman–Crippen LogP) is 4.35. The van der Waals surface area contributed by atoms with Gasteiger partial charge in [0.1, 0.15) is 0 Å². The summed E-state index contributed by atoms with van der Waals surface area (Å²) >= 11 is 5.43. The van der Waals surface area contributed by atoms with Gasteiger partial charge in [-0.2, -0.15) is 13.2 Å². The maximum Gasteiger partial charge on any atom is 0.416 e. The third-order valence-corrected chi connectivity index (χ3v) is 5.52. The first-order chi connectivity index (χ1) is 11.9. The summed E-state index contributed by atoms with van der Waals surface area (Å²) in [6.07, 6.45) is 2.31. The highest BCUT2D eigenvalue weighted by atomic mass is 32.1. The van der Waals surface area contributed by atoms with Crippen LogP contribution in [-0.2, 0) is 6.18 Å². The number of nitrogens with one attached hydrogen (secondary N) is 1. The van der Waals surface area contributed by atoms with Crippen LogP contribution in [0.2, 0.25) is 0 Å². The molecule has 7 heteroatoms. The molecule has 0 aromatic heterocycles. The average Bonchev–Trinajstić information content (AvgIpc) is 2.62. The van der Waals surface area contributed by atoms with Crippen LogP contribution in [0.5, 0.6) is 0 Å². The summed E-state index contributed by atoms with van der Waals surface area (Å²) < 4.78 is 37.8. The topological polar surface area (TPSA) is 18.5 Å². The monoisotopic (exact) mass is 371 g/mol. The minimum atomic E-state index is -4.31. The number of benzene rings is 1. The molecule has 1 N–H and O–H groups in total. The summed E-state index contributed by atoms with van der Waals surface area (Å²) in [7, 11) is 0. The summed E-state index contributed by atoms with van der Waals surface area (Å²) in [5.41, 5.74) is -0.0576. The first kappa shape index (κ1) is 18.5. The summed E-state index contributed by atoms with van der Waals surface area (Å²) in [5, 5.41) is 3.64. The molecule has 0 bridgehead atoms. The molecule has 1 saturated carbocycles. The van der Waals surface area contributed by atoms with Crippen molar-refractivity contribution in [1.82, 2.24) is 9.80 Å². The van der Waals surface area contributed by atoms with Gasteiger partial charge < -0.3 is 10.2 Å². The van der Waals surface area contributed by atoms with Crippen LogP contribution < -0.4 is 5.32 Å². The quantitative estimate of drug-likeness (QED) is 0.779. The van der Waals surface area contributed by atoms with Gasteiger partial charge in [0, 0.05) is 37.9 Å². The molecule has 0 radical (unpaired) electrons. The lowest BCUT2D eigenvalue weighted by Crippen LogP contribution is -2.53. The van der Waals surface area contributed by atoms with E-state index in [0.717, 1.165) is 38.3 Å². The normalized spacial score (nSPS) is 20.5. The molecular formula is C18H24F3N3S. The molecule has 2 aliphatic rings. The summed E-state index contributed by atoms with van der Waals surface area (Å²) in [5.74, 6) is 0. The van der Waals surface area contributed by atoms with Crippen molar-refractivity contribution in [3.63, 3.8) is 0 Å². The molecule has 1 aromatic rings. The number of thiocarbonyl (C=S) groups is 1. The minimum Gasteiger partial charge on any atom is -0.346 e. The highest BCUT2D eigenvalue weighted by Crippen LogP contribution is 2.30. The predicted molar refractivity (Wildman–Crippen MR) is 97.7 cm³/mol. The lowest BCUT2D eigenvalue weighted by atomic mass is 9.94. The Balaban J connectivity index is 1.49. The van der Waals surface area contributed by atoms with Gasteiger partial charge in [-0.25, -0.2) is 0 Å². The van der Waals surface area contributed by atoms with Crippen molar-refractivity contribution in [3.05, 3.63) is 29.8 Å². The Kier molecular flexibility index (Phi) is 5.84. The molecule has 2 fully saturated rings. The Morgan fingerprint density at radius 3 is 2.12 bits per heavy atom. The van der Waals surface area contributed by atoms with E-state index in [1.165, 1.54) is 44.2 Å². The molecule has 3 rings (SSSR count). The van der Waals surface area contributed by atoms with Gasteiger partial charge in [-0.1, -0.05) is 19.3 Å². The zero-order valence-electron chi connectivity index (χ0n) is 14.2. The van der Waals surface area contributed by atoms with Crippen molar-refractivity contribution in [2.24, 2.45) is 0 Å². The first-order valence-electron chi connectivity index (χ1n) is 8.91. The highest BCUT2D eigenvalue weighted by molar-refractivity contribution is 7.80. The second-order valence-corrected chi connectivity index (χ2v) is 7.21. The fourth-order valence-electron chi connectivity index (χ4n) is 3.68. The standard InChI is InChI=1S/C18H24F3N3S/c19-18(20,21)14-6-8-15(9-7-14)22-17(25)24-12-10-23(11-13-24)16-4-2-1-3-5-16/h6-9,16H,1-5,10-13H2,(H,22,25). The summed E-state index contributed by atoms with van der Waals surface area (Å²) in [6, 6.07) is 5.71. The Morgan fingerprint density at radius 2 is 1.56 bits per heavy atom. The second-order valence-electron chi connectivity index (χ2n) is 6.82. The third kappa shape index (κ3) is 4.85. The molecule has 1 heterocycles. The average molecular weight is 371 g/mol. The van der Waals surface area contributed by atoms with E-state index in [-0.39, 0.29) is 0 Å². The van der Waals surface area contributed by atoms with Crippen molar-refractivity contribution < 1.29 is 13.2 Å². The molecule has 25 heavy (non-hydrogen) atoms. The SMILES string of the molecule is FC(F)(F)c1ccc(NC(=S)N2CCN(C3CCCCC3)CC2)cc1. The lowest BCUT2D eigenvalue weighted by Gasteiger charge is -2.41. The number of halogens is 3.